The highest BCUT2D eigenvalue weighted by molar-refractivity contribution is 5.89. The van der Waals surface area contributed by atoms with Crippen molar-refractivity contribution in [2.45, 2.75) is 52.3 Å². The number of hydrogen-bond donors (Lipinski definition) is 2. The number of nitro benzene ring substituents is 1. The summed E-state index contributed by atoms with van der Waals surface area (Å²) in [5.41, 5.74) is -0.847. The van der Waals surface area contributed by atoms with Gasteiger partial charge in [-0.25, -0.2) is 9.59 Å². The topological polar surface area (TPSA) is 137 Å². The molecule has 1 aromatic carbocycles. The van der Waals surface area contributed by atoms with Crippen molar-refractivity contribution in [3.63, 3.8) is 0 Å². The number of ether oxygens (including phenoxy) is 2. The standard InChI is InChI=1S/C17H23N3O7/c1-10(19-16(23)27-17(3,4)5)14(21)18-11(2)15(22)26-13-8-6-12(7-9-13)20(24)25/h6-11H,1-5H3,(H,18,21)(H,19,23)/t10-,11+/m1/s1. The van der Waals surface area contributed by atoms with Gasteiger partial charge in [0.25, 0.3) is 5.69 Å². The van der Waals surface area contributed by atoms with Crippen LogP contribution in [0.15, 0.2) is 24.3 Å². The molecule has 0 unspecified atom stereocenters. The molecular formula is C17H23N3O7. The fourth-order valence-corrected chi connectivity index (χ4v) is 1.79. The Morgan fingerprint density at radius 2 is 1.59 bits per heavy atom. The number of benzene rings is 1. The van der Waals surface area contributed by atoms with E-state index >= 15 is 0 Å². The van der Waals surface area contributed by atoms with Crippen LogP contribution in [0.2, 0.25) is 0 Å². The number of carbonyl (C=O) groups is 3. The van der Waals surface area contributed by atoms with Gasteiger partial charge in [-0.2, -0.15) is 0 Å². The molecule has 1 rings (SSSR count). The predicted octanol–water partition coefficient (Wildman–Crippen LogP) is 1.92. The van der Waals surface area contributed by atoms with Crippen LogP contribution in [0, 0.1) is 10.1 Å². The van der Waals surface area contributed by atoms with Crippen LogP contribution in [-0.4, -0.2) is 40.6 Å². The predicted molar refractivity (Wildman–Crippen MR) is 95.2 cm³/mol. The van der Waals surface area contributed by atoms with Crippen LogP contribution in [0.5, 0.6) is 5.75 Å². The number of nitro groups is 1. The van der Waals surface area contributed by atoms with Gasteiger partial charge in [-0.1, -0.05) is 0 Å². The second-order valence-corrected chi connectivity index (χ2v) is 6.77. The maximum atomic E-state index is 12.1. The number of rotatable bonds is 6. The van der Waals surface area contributed by atoms with Crippen LogP contribution in [0.25, 0.3) is 0 Å². The molecule has 0 saturated heterocycles. The molecule has 0 spiro atoms. The van der Waals surface area contributed by atoms with Crippen molar-refractivity contribution in [3.8, 4) is 5.75 Å². The van der Waals surface area contributed by atoms with Gasteiger partial charge in [-0.05, 0) is 46.8 Å². The molecule has 2 N–H and O–H groups in total. The van der Waals surface area contributed by atoms with Gasteiger partial charge in [0.05, 0.1) is 4.92 Å². The molecule has 0 aliphatic heterocycles. The molecule has 0 aliphatic rings. The summed E-state index contributed by atoms with van der Waals surface area (Å²) >= 11 is 0. The number of esters is 1. The van der Waals surface area contributed by atoms with Gasteiger partial charge >= 0.3 is 12.1 Å². The van der Waals surface area contributed by atoms with Crippen molar-refractivity contribution >= 4 is 23.7 Å². The highest BCUT2D eigenvalue weighted by Gasteiger charge is 2.24. The Morgan fingerprint density at radius 3 is 2.07 bits per heavy atom. The van der Waals surface area contributed by atoms with E-state index < -0.39 is 40.6 Å². The largest absolute Gasteiger partial charge is 0.444 e. The minimum atomic E-state index is -1.00. The lowest BCUT2D eigenvalue weighted by atomic mass is 10.2. The summed E-state index contributed by atoms with van der Waals surface area (Å²) < 4.78 is 10.1. The average molecular weight is 381 g/mol. The third-order valence-electron chi connectivity index (χ3n) is 3.10. The molecule has 10 heteroatoms. The first-order valence-corrected chi connectivity index (χ1v) is 8.15. The lowest BCUT2D eigenvalue weighted by Gasteiger charge is -2.22. The summed E-state index contributed by atoms with van der Waals surface area (Å²) in [7, 11) is 0. The zero-order chi connectivity index (χ0) is 20.8. The summed E-state index contributed by atoms with van der Waals surface area (Å²) in [5.74, 6) is -1.26. The van der Waals surface area contributed by atoms with E-state index in [1.807, 2.05) is 0 Å². The fourth-order valence-electron chi connectivity index (χ4n) is 1.79. The quantitative estimate of drug-likeness (QED) is 0.332. The molecule has 148 valence electrons. The third-order valence-corrected chi connectivity index (χ3v) is 3.10. The van der Waals surface area contributed by atoms with Crippen molar-refractivity contribution in [3.05, 3.63) is 34.4 Å². The second-order valence-electron chi connectivity index (χ2n) is 6.77. The summed E-state index contributed by atoms with van der Waals surface area (Å²) in [5, 5.41) is 15.4. The number of amides is 2. The lowest BCUT2D eigenvalue weighted by molar-refractivity contribution is -0.384. The van der Waals surface area contributed by atoms with E-state index in [1.54, 1.807) is 20.8 Å². The summed E-state index contributed by atoms with van der Waals surface area (Å²) in [6.45, 7) is 7.91. The summed E-state index contributed by atoms with van der Waals surface area (Å²) in [6.07, 6.45) is -0.758. The van der Waals surface area contributed by atoms with Crippen LogP contribution >= 0.6 is 0 Å². The van der Waals surface area contributed by atoms with Gasteiger partial charge in [0.1, 0.15) is 23.4 Å². The number of nitrogens with one attached hydrogen (secondary N) is 2. The SMILES string of the molecule is C[C@H](NC(=O)[C@@H](C)NC(=O)OC(C)(C)C)C(=O)Oc1ccc([N+](=O)[O-])cc1. The number of hydrogen-bond acceptors (Lipinski definition) is 7. The van der Waals surface area contributed by atoms with Gasteiger partial charge < -0.3 is 20.1 Å². The van der Waals surface area contributed by atoms with E-state index in [2.05, 4.69) is 10.6 Å². The molecule has 10 nitrogen and oxygen atoms in total. The molecule has 0 aliphatic carbocycles. The molecular weight excluding hydrogens is 358 g/mol. The fraction of sp³-hybridized carbons (Fsp3) is 0.471. The highest BCUT2D eigenvalue weighted by atomic mass is 16.6. The maximum Gasteiger partial charge on any atom is 0.408 e. The zero-order valence-electron chi connectivity index (χ0n) is 15.8. The van der Waals surface area contributed by atoms with Gasteiger partial charge in [0.2, 0.25) is 5.91 Å². The summed E-state index contributed by atoms with van der Waals surface area (Å²) in [6, 6.07) is 3.00. The van der Waals surface area contributed by atoms with Crippen molar-refractivity contribution in [2.75, 3.05) is 0 Å². The van der Waals surface area contributed by atoms with Gasteiger partial charge in [-0.15, -0.1) is 0 Å². The number of alkyl carbamates (subject to hydrolysis) is 1. The number of nitrogens with zero attached hydrogens (tertiary/aromatic N) is 1. The lowest BCUT2D eigenvalue weighted by Crippen LogP contribution is -2.50. The minimum absolute atomic E-state index is 0.103. The normalized spacial score (nSPS) is 13.1. The minimum Gasteiger partial charge on any atom is -0.444 e. The van der Waals surface area contributed by atoms with Gasteiger partial charge in [-0.3, -0.25) is 14.9 Å². The zero-order valence-corrected chi connectivity index (χ0v) is 15.8. The number of non-ortho nitro benzene ring substituents is 1. The van der Waals surface area contributed by atoms with Gasteiger partial charge in [0, 0.05) is 12.1 Å². The van der Waals surface area contributed by atoms with Gasteiger partial charge in [0.15, 0.2) is 0 Å². The van der Waals surface area contributed by atoms with E-state index in [0.717, 1.165) is 0 Å². The third kappa shape index (κ3) is 7.72. The van der Waals surface area contributed by atoms with Crippen LogP contribution in [-0.2, 0) is 14.3 Å². The molecule has 27 heavy (non-hydrogen) atoms. The molecule has 0 fully saturated rings. The second kappa shape index (κ2) is 8.97. The monoisotopic (exact) mass is 381 g/mol. The molecule has 2 amide bonds. The molecule has 0 aromatic heterocycles. The first-order valence-electron chi connectivity index (χ1n) is 8.15. The maximum absolute atomic E-state index is 12.1. The van der Waals surface area contributed by atoms with Crippen LogP contribution in [0.4, 0.5) is 10.5 Å². The van der Waals surface area contributed by atoms with E-state index in [-0.39, 0.29) is 11.4 Å². The van der Waals surface area contributed by atoms with Crippen molar-refractivity contribution in [2.24, 2.45) is 0 Å². The molecule has 0 heterocycles. The Labute approximate surface area is 156 Å². The Kier molecular flexibility index (Phi) is 7.26. The van der Waals surface area contributed by atoms with Crippen molar-refractivity contribution in [1.29, 1.82) is 0 Å². The Balaban J connectivity index is 2.54. The molecule has 0 radical (unpaired) electrons. The molecule has 2 atom stereocenters. The molecule has 0 bridgehead atoms. The first kappa shape index (κ1) is 21.9. The Bertz CT molecular complexity index is 710. The Morgan fingerprint density at radius 1 is 1.04 bits per heavy atom. The van der Waals surface area contributed by atoms with Crippen LogP contribution in [0.1, 0.15) is 34.6 Å². The van der Waals surface area contributed by atoms with Crippen LogP contribution in [0.3, 0.4) is 0 Å². The van der Waals surface area contributed by atoms with E-state index in [9.17, 15) is 24.5 Å². The molecule has 0 saturated carbocycles. The molecule has 1 aromatic rings. The number of carbonyl (C=O) groups excluding carboxylic acids is 3. The van der Waals surface area contributed by atoms with E-state index in [0.29, 0.717) is 0 Å². The van der Waals surface area contributed by atoms with E-state index in [4.69, 9.17) is 9.47 Å². The van der Waals surface area contributed by atoms with Crippen molar-refractivity contribution < 1.29 is 28.8 Å². The summed E-state index contributed by atoms with van der Waals surface area (Å²) in [4.78, 5) is 45.8. The highest BCUT2D eigenvalue weighted by Crippen LogP contribution is 2.17. The smallest absolute Gasteiger partial charge is 0.408 e. The average Bonchev–Trinajstić information content (AvgIpc) is 2.53. The first-order chi connectivity index (χ1) is 12.4. The van der Waals surface area contributed by atoms with E-state index in [1.165, 1.54) is 38.1 Å². The van der Waals surface area contributed by atoms with Crippen molar-refractivity contribution in [1.82, 2.24) is 10.6 Å². The Hall–Kier alpha value is -3.17. The van der Waals surface area contributed by atoms with Crippen LogP contribution < -0.4 is 15.4 Å².